The van der Waals surface area contributed by atoms with Crippen LogP contribution in [-0.4, -0.2) is 80.1 Å². The van der Waals surface area contributed by atoms with Crippen LogP contribution in [0.25, 0.3) is 0 Å². The van der Waals surface area contributed by atoms with E-state index in [9.17, 15) is 9.59 Å². The Hall–Kier alpha value is -1.99. The average Bonchev–Trinajstić information content (AvgIpc) is 2.62. The predicted molar refractivity (Wildman–Crippen MR) is 100 cm³/mol. The highest BCUT2D eigenvalue weighted by Crippen LogP contribution is 2.26. The van der Waals surface area contributed by atoms with Gasteiger partial charge >= 0.3 is 0 Å². The van der Waals surface area contributed by atoms with Crippen molar-refractivity contribution in [3.63, 3.8) is 0 Å². The highest BCUT2D eigenvalue weighted by molar-refractivity contribution is 5.93. The number of nitrogens with zero attached hydrogens (tertiary/aromatic N) is 3. The van der Waals surface area contributed by atoms with E-state index in [1.807, 2.05) is 19.1 Å². The molecule has 1 aromatic heterocycles. The number of carbonyl (C=O) groups excluding carboxylic acids is 2. The molecule has 0 spiro atoms. The molecule has 1 fully saturated rings. The summed E-state index contributed by atoms with van der Waals surface area (Å²) in [5.41, 5.74) is 1.64. The highest BCUT2D eigenvalue weighted by atomic mass is 16.5. The molecule has 1 N–H and O–H groups in total. The number of piperidine rings is 1. The van der Waals surface area contributed by atoms with Crippen molar-refractivity contribution in [2.75, 3.05) is 47.4 Å². The van der Waals surface area contributed by atoms with Gasteiger partial charge < -0.3 is 15.0 Å². The van der Waals surface area contributed by atoms with Gasteiger partial charge in [-0.2, -0.15) is 0 Å². The van der Waals surface area contributed by atoms with Gasteiger partial charge in [0.1, 0.15) is 0 Å². The molecular weight excluding hydrogens is 332 g/mol. The van der Waals surface area contributed by atoms with Gasteiger partial charge in [0.25, 0.3) is 5.91 Å². The summed E-state index contributed by atoms with van der Waals surface area (Å²) in [6, 6.07) is 3.83. The van der Waals surface area contributed by atoms with Gasteiger partial charge in [0.15, 0.2) is 0 Å². The van der Waals surface area contributed by atoms with Crippen LogP contribution in [0.15, 0.2) is 18.3 Å². The van der Waals surface area contributed by atoms with Crippen molar-refractivity contribution in [2.45, 2.75) is 31.7 Å². The van der Waals surface area contributed by atoms with Crippen molar-refractivity contribution in [3.05, 3.63) is 29.6 Å². The number of likely N-dealkylation sites (tertiary alicyclic amines) is 1. The standard InChI is InChI=1S/C19H30N4O3/c1-14(13-26-4)21-18(24)12-23-9-7-15(8-10-23)17-6-5-16(11-20-17)19(25)22(2)3/h5-6,11,14-15H,7-10,12-13H2,1-4H3,(H,21,24). The number of amides is 2. The maximum absolute atomic E-state index is 12.0. The first kappa shape index (κ1) is 20.3. The molecule has 0 saturated carbocycles. The third-order valence-electron chi connectivity index (χ3n) is 4.64. The van der Waals surface area contributed by atoms with E-state index in [-0.39, 0.29) is 17.9 Å². The Kier molecular flexibility index (Phi) is 7.53. The molecular formula is C19H30N4O3. The molecule has 1 atom stereocenters. The van der Waals surface area contributed by atoms with Gasteiger partial charge in [-0.25, -0.2) is 0 Å². The fourth-order valence-electron chi connectivity index (χ4n) is 3.23. The van der Waals surface area contributed by atoms with E-state index in [0.717, 1.165) is 31.6 Å². The molecule has 1 saturated heterocycles. The number of ether oxygens (including phenoxy) is 1. The van der Waals surface area contributed by atoms with E-state index in [2.05, 4.69) is 15.2 Å². The SMILES string of the molecule is COCC(C)NC(=O)CN1CCC(c2ccc(C(=O)N(C)C)cn2)CC1. The molecule has 26 heavy (non-hydrogen) atoms. The molecule has 7 heteroatoms. The van der Waals surface area contributed by atoms with Crippen molar-refractivity contribution < 1.29 is 14.3 Å². The molecule has 2 heterocycles. The van der Waals surface area contributed by atoms with Crippen LogP contribution in [-0.2, 0) is 9.53 Å². The lowest BCUT2D eigenvalue weighted by Gasteiger charge is -2.31. The lowest BCUT2D eigenvalue weighted by atomic mass is 9.93. The third kappa shape index (κ3) is 5.78. The van der Waals surface area contributed by atoms with Crippen LogP contribution in [0.1, 0.15) is 41.7 Å². The highest BCUT2D eigenvalue weighted by Gasteiger charge is 2.23. The fourth-order valence-corrected chi connectivity index (χ4v) is 3.23. The van der Waals surface area contributed by atoms with Crippen LogP contribution in [0.4, 0.5) is 0 Å². The van der Waals surface area contributed by atoms with E-state index >= 15 is 0 Å². The fraction of sp³-hybridized carbons (Fsp3) is 0.632. The van der Waals surface area contributed by atoms with E-state index in [1.54, 1.807) is 32.3 Å². The Labute approximate surface area is 155 Å². The third-order valence-corrected chi connectivity index (χ3v) is 4.64. The van der Waals surface area contributed by atoms with E-state index in [0.29, 0.717) is 24.6 Å². The Balaban J connectivity index is 1.81. The van der Waals surface area contributed by atoms with Crippen LogP contribution < -0.4 is 5.32 Å². The number of rotatable bonds is 7. The minimum Gasteiger partial charge on any atom is -0.383 e. The monoisotopic (exact) mass is 362 g/mol. The normalized spacial score (nSPS) is 16.9. The molecule has 0 aliphatic carbocycles. The zero-order valence-corrected chi connectivity index (χ0v) is 16.2. The van der Waals surface area contributed by atoms with Gasteiger partial charge in [-0.3, -0.25) is 19.5 Å². The lowest BCUT2D eigenvalue weighted by molar-refractivity contribution is -0.123. The van der Waals surface area contributed by atoms with Gasteiger partial charge in [0.2, 0.25) is 5.91 Å². The summed E-state index contributed by atoms with van der Waals surface area (Å²) in [7, 11) is 5.10. The summed E-state index contributed by atoms with van der Waals surface area (Å²) in [6.45, 7) is 4.62. The first-order chi connectivity index (χ1) is 12.4. The predicted octanol–water partition coefficient (Wildman–Crippen LogP) is 1.11. The summed E-state index contributed by atoms with van der Waals surface area (Å²) < 4.78 is 5.03. The second-order valence-electron chi connectivity index (χ2n) is 7.15. The van der Waals surface area contributed by atoms with Crippen LogP contribution in [0, 0.1) is 0 Å². The van der Waals surface area contributed by atoms with Crippen LogP contribution >= 0.6 is 0 Å². The van der Waals surface area contributed by atoms with Crippen molar-refractivity contribution in [1.29, 1.82) is 0 Å². The van der Waals surface area contributed by atoms with Gasteiger partial charge in [0.05, 0.1) is 18.7 Å². The summed E-state index contributed by atoms with van der Waals surface area (Å²) >= 11 is 0. The van der Waals surface area contributed by atoms with Crippen molar-refractivity contribution in [3.8, 4) is 0 Å². The van der Waals surface area contributed by atoms with E-state index < -0.39 is 0 Å². The van der Waals surface area contributed by atoms with Crippen LogP contribution in [0.2, 0.25) is 0 Å². The van der Waals surface area contributed by atoms with Crippen LogP contribution in [0.3, 0.4) is 0 Å². The first-order valence-electron chi connectivity index (χ1n) is 9.09. The van der Waals surface area contributed by atoms with Crippen LogP contribution in [0.5, 0.6) is 0 Å². The lowest BCUT2D eigenvalue weighted by Crippen LogP contribution is -2.44. The smallest absolute Gasteiger partial charge is 0.254 e. The number of pyridine rings is 1. The largest absolute Gasteiger partial charge is 0.383 e. The molecule has 7 nitrogen and oxygen atoms in total. The van der Waals surface area contributed by atoms with Gasteiger partial charge in [-0.15, -0.1) is 0 Å². The molecule has 0 aromatic carbocycles. The number of carbonyl (C=O) groups is 2. The minimum absolute atomic E-state index is 0.0256. The van der Waals surface area contributed by atoms with Crippen molar-refractivity contribution in [2.24, 2.45) is 0 Å². The molecule has 2 rings (SSSR count). The Bertz CT molecular complexity index is 595. The topological polar surface area (TPSA) is 74.8 Å². The first-order valence-corrected chi connectivity index (χ1v) is 9.09. The molecule has 0 radical (unpaired) electrons. The second-order valence-corrected chi connectivity index (χ2v) is 7.15. The quantitative estimate of drug-likeness (QED) is 0.787. The van der Waals surface area contributed by atoms with Crippen molar-refractivity contribution in [1.82, 2.24) is 20.1 Å². The number of nitrogens with one attached hydrogen (secondary N) is 1. The molecule has 1 aliphatic heterocycles. The van der Waals surface area contributed by atoms with Crippen molar-refractivity contribution >= 4 is 11.8 Å². The number of hydrogen-bond acceptors (Lipinski definition) is 5. The minimum atomic E-state index is -0.0346. The maximum atomic E-state index is 12.0. The van der Waals surface area contributed by atoms with E-state index in [4.69, 9.17) is 4.74 Å². The zero-order valence-electron chi connectivity index (χ0n) is 16.2. The molecule has 144 valence electrons. The molecule has 1 aromatic rings. The van der Waals surface area contributed by atoms with Gasteiger partial charge in [0, 0.05) is 45.1 Å². The number of methoxy groups -OCH3 is 1. The van der Waals surface area contributed by atoms with Gasteiger partial charge in [-0.05, 0) is 45.0 Å². The zero-order chi connectivity index (χ0) is 19.1. The number of hydrogen-bond donors (Lipinski definition) is 1. The summed E-state index contributed by atoms with van der Waals surface area (Å²) in [5, 5.41) is 2.94. The Morgan fingerprint density at radius 2 is 2.04 bits per heavy atom. The molecule has 1 aliphatic rings. The molecule has 2 amide bonds. The van der Waals surface area contributed by atoms with Gasteiger partial charge in [-0.1, -0.05) is 0 Å². The Morgan fingerprint density at radius 3 is 2.58 bits per heavy atom. The maximum Gasteiger partial charge on any atom is 0.254 e. The molecule has 1 unspecified atom stereocenters. The summed E-state index contributed by atoms with van der Waals surface area (Å²) in [5.74, 6) is 0.385. The summed E-state index contributed by atoms with van der Waals surface area (Å²) in [4.78, 5) is 32.2. The average molecular weight is 362 g/mol. The molecule has 0 bridgehead atoms. The van der Waals surface area contributed by atoms with E-state index in [1.165, 1.54) is 0 Å². The summed E-state index contributed by atoms with van der Waals surface area (Å²) in [6.07, 6.45) is 3.60. The Morgan fingerprint density at radius 1 is 1.35 bits per heavy atom. The second kappa shape index (κ2) is 9.64. The number of aromatic nitrogens is 1.